The summed E-state index contributed by atoms with van der Waals surface area (Å²) in [5.74, 6) is -0.0361. The molecule has 54 valence electrons. The third-order valence-electron chi connectivity index (χ3n) is 1.26. The number of rotatable bonds is 3. The Bertz CT molecular complexity index is 95.1. The second kappa shape index (κ2) is 4.62. The van der Waals surface area contributed by atoms with Gasteiger partial charge in [-0.15, -0.1) is 0 Å². The average Bonchev–Trinajstić information content (AvgIpc) is 1.87. The molecular weight excluding hydrogens is 138 g/mol. The molecule has 0 aromatic rings. The van der Waals surface area contributed by atoms with Crippen LogP contribution in [0.15, 0.2) is 0 Å². The fourth-order valence-corrected chi connectivity index (χ4v) is 0.843. The van der Waals surface area contributed by atoms with E-state index < -0.39 is 0 Å². The number of hydrogen-bond donors (Lipinski definition) is 1. The van der Waals surface area contributed by atoms with Gasteiger partial charge in [-0.2, -0.15) is 0 Å². The molecular formula is C6H12ClNO. The largest absolute Gasteiger partial charge is 0.274 e. The number of carbonyl (C=O) groups is 1. The number of amides is 1. The third-order valence-corrected chi connectivity index (χ3v) is 1.45. The summed E-state index contributed by atoms with van der Waals surface area (Å²) in [4.78, 5) is 12.7. The molecule has 0 saturated heterocycles. The lowest BCUT2D eigenvalue weighted by Gasteiger charge is -2.04. The lowest BCUT2D eigenvalue weighted by atomic mass is 10.1. The van der Waals surface area contributed by atoms with Crippen molar-refractivity contribution in [2.45, 2.75) is 26.7 Å². The Morgan fingerprint density at radius 3 is 2.67 bits per heavy atom. The minimum Gasteiger partial charge on any atom is -0.274 e. The van der Waals surface area contributed by atoms with Crippen molar-refractivity contribution >= 4 is 17.7 Å². The first kappa shape index (κ1) is 8.76. The van der Waals surface area contributed by atoms with E-state index >= 15 is 0 Å². The molecule has 0 aliphatic carbocycles. The van der Waals surface area contributed by atoms with Gasteiger partial charge in [-0.1, -0.05) is 20.3 Å². The van der Waals surface area contributed by atoms with Crippen LogP contribution in [-0.4, -0.2) is 5.91 Å². The van der Waals surface area contributed by atoms with Crippen LogP contribution in [-0.2, 0) is 4.79 Å². The van der Waals surface area contributed by atoms with Gasteiger partial charge in [0.2, 0.25) is 5.91 Å². The maximum atomic E-state index is 10.7. The first-order valence-electron chi connectivity index (χ1n) is 3.12. The summed E-state index contributed by atoms with van der Waals surface area (Å²) in [6.45, 7) is 3.90. The highest BCUT2D eigenvalue weighted by atomic mass is 35.5. The van der Waals surface area contributed by atoms with Crippen molar-refractivity contribution < 1.29 is 4.79 Å². The Labute approximate surface area is 60.7 Å². The summed E-state index contributed by atoms with van der Waals surface area (Å²) in [6.07, 6.45) is 1.92. The molecule has 0 bridgehead atoms. The van der Waals surface area contributed by atoms with Gasteiger partial charge in [-0.25, -0.2) is 0 Å². The molecule has 0 aliphatic heterocycles. The third kappa shape index (κ3) is 3.36. The zero-order valence-electron chi connectivity index (χ0n) is 5.78. The molecule has 0 radical (unpaired) electrons. The van der Waals surface area contributed by atoms with Crippen LogP contribution in [0.4, 0.5) is 0 Å². The van der Waals surface area contributed by atoms with E-state index in [0.717, 1.165) is 12.8 Å². The summed E-state index contributed by atoms with van der Waals surface area (Å²) in [7, 11) is 0. The number of carbonyl (C=O) groups excluding carboxylic acids is 1. The maximum Gasteiger partial charge on any atom is 0.237 e. The highest BCUT2D eigenvalue weighted by Gasteiger charge is 2.08. The molecule has 0 fully saturated rings. The van der Waals surface area contributed by atoms with Crippen LogP contribution < -0.4 is 4.84 Å². The molecule has 0 heterocycles. The molecule has 0 aliphatic rings. The highest BCUT2D eigenvalue weighted by Crippen LogP contribution is 2.04. The standard InChI is InChI=1S/C6H12ClNO/c1-3-4-5(2)6(9)8-7/h5H,3-4H2,1-2H3,(H,8,9). The first-order valence-corrected chi connectivity index (χ1v) is 3.50. The van der Waals surface area contributed by atoms with Crippen molar-refractivity contribution in [2.75, 3.05) is 0 Å². The van der Waals surface area contributed by atoms with E-state index in [-0.39, 0.29) is 11.8 Å². The van der Waals surface area contributed by atoms with E-state index in [2.05, 4.69) is 4.84 Å². The van der Waals surface area contributed by atoms with Gasteiger partial charge in [0.15, 0.2) is 0 Å². The minimum absolute atomic E-state index is 0.0486. The van der Waals surface area contributed by atoms with E-state index in [1.165, 1.54) is 0 Å². The summed E-state index contributed by atoms with van der Waals surface area (Å²) in [6, 6.07) is 0. The molecule has 0 saturated carbocycles. The van der Waals surface area contributed by atoms with Gasteiger partial charge in [-0.3, -0.25) is 9.63 Å². The Hall–Kier alpha value is -0.240. The van der Waals surface area contributed by atoms with Crippen molar-refractivity contribution in [1.29, 1.82) is 0 Å². The summed E-state index contributed by atoms with van der Waals surface area (Å²) in [5.41, 5.74) is 0. The van der Waals surface area contributed by atoms with Crippen molar-refractivity contribution in [3.63, 3.8) is 0 Å². The van der Waals surface area contributed by atoms with Crippen molar-refractivity contribution in [3.05, 3.63) is 0 Å². The van der Waals surface area contributed by atoms with E-state index in [0.29, 0.717) is 0 Å². The highest BCUT2D eigenvalue weighted by molar-refractivity contribution is 6.21. The van der Waals surface area contributed by atoms with E-state index in [9.17, 15) is 4.79 Å². The average molecular weight is 150 g/mol. The van der Waals surface area contributed by atoms with Crippen LogP contribution >= 0.6 is 11.8 Å². The fraction of sp³-hybridized carbons (Fsp3) is 0.833. The van der Waals surface area contributed by atoms with Gasteiger partial charge in [0.05, 0.1) is 0 Å². The quantitative estimate of drug-likeness (QED) is 0.608. The number of hydrogen-bond acceptors (Lipinski definition) is 1. The normalized spacial score (nSPS) is 12.8. The molecule has 1 atom stereocenters. The second-order valence-electron chi connectivity index (χ2n) is 2.15. The Morgan fingerprint density at radius 2 is 2.33 bits per heavy atom. The first-order chi connectivity index (χ1) is 4.22. The minimum atomic E-state index is -0.0847. The smallest absolute Gasteiger partial charge is 0.237 e. The predicted molar refractivity (Wildman–Crippen MR) is 38.1 cm³/mol. The molecule has 1 N–H and O–H groups in total. The van der Waals surface area contributed by atoms with Gasteiger partial charge >= 0.3 is 0 Å². The van der Waals surface area contributed by atoms with Crippen LogP contribution in [0.1, 0.15) is 26.7 Å². The zero-order valence-corrected chi connectivity index (χ0v) is 6.53. The summed E-state index contributed by atoms with van der Waals surface area (Å²) < 4.78 is 0. The van der Waals surface area contributed by atoms with Gasteiger partial charge < -0.3 is 0 Å². The molecule has 9 heavy (non-hydrogen) atoms. The second-order valence-corrected chi connectivity index (χ2v) is 2.34. The van der Waals surface area contributed by atoms with E-state index in [4.69, 9.17) is 11.8 Å². The SMILES string of the molecule is CCCC(C)C(=O)NCl. The van der Waals surface area contributed by atoms with Crippen LogP contribution in [0.5, 0.6) is 0 Å². The van der Waals surface area contributed by atoms with Gasteiger partial charge in [0, 0.05) is 17.7 Å². The molecule has 1 unspecified atom stereocenters. The van der Waals surface area contributed by atoms with Gasteiger partial charge in [0.25, 0.3) is 0 Å². The Balaban J connectivity index is 3.45. The number of halogens is 1. The Kier molecular flexibility index (Phi) is 4.50. The van der Waals surface area contributed by atoms with Crippen LogP contribution in [0.2, 0.25) is 0 Å². The van der Waals surface area contributed by atoms with Crippen molar-refractivity contribution in [1.82, 2.24) is 4.84 Å². The molecule has 0 rings (SSSR count). The predicted octanol–water partition coefficient (Wildman–Crippen LogP) is 1.69. The topological polar surface area (TPSA) is 29.1 Å². The summed E-state index contributed by atoms with van der Waals surface area (Å²) >= 11 is 5.08. The lowest BCUT2D eigenvalue weighted by molar-refractivity contribution is -0.122. The van der Waals surface area contributed by atoms with Crippen molar-refractivity contribution in [2.24, 2.45) is 5.92 Å². The summed E-state index contributed by atoms with van der Waals surface area (Å²) in [5, 5.41) is 0. The van der Waals surface area contributed by atoms with Crippen LogP contribution in [0, 0.1) is 5.92 Å². The lowest BCUT2D eigenvalue weighted by Crippen LogP contribution is -2.20. The molecule has 0 aromatic heterocycles. The molecule has 1 amide bonds. The van der Waals surface area contributed by atoms with Crippen LogP contribution in [0.25, 0.3) is 0 Å². The molecule has 2 nitrogen and oxygen atoms in total. The monoisotopic (exact) mass is 149 g/mol. The van der Waals surface area contributed by atoms with Crippen LogP contribution in [0.3, 0.4) is 0 Å². The van der Waals surface area contributed by atoms with E-state index in [1.807, 2.05) is 13.8 Å². The number of nitrogens with one attached hydrogen (secondary N) is 1. The van der Waals surface area contributed by atoms with Gasteiger partial charge in [0.1, 0.15) is 0 Å². The Morgan fingerprint density at radius 1 is 1.78 bits per heavy atom. The van der Waals surface area contributed by atoms with Gasteiger partial charge in [-0.05, 0) is 6.42 Å². The fourth-order valence-electron chi connectivity index (χ4n) is 0.657. The molecule has 0 aromatic carbocycles. The maximum absolute atomic E-state index is 10.7. The molecule has 0 spiro atoms. The zero-order chi connectivity index (χ0) is 7.28. The van der Waals surface area contributed by atoms with Crippen molar-refractivity contribution in [3.8, 4) is 0 Å². The van der Waals surface area contributed by atoms with E-state index in [1.54, 1.807) is 0 Å². The molecule has 3 heteroatoms.